The summed E-state index contributed by atoms with van der Waals surface area (Å²) in [5, 5.41) is 30.4. The molecule has 0 bridgehead atoms. The Labute approximate surface area is 475 Å². The largest absolute Gasteiger partial charge is 0.361 e. The molecule has 6 aromatic rings. The highest BCUT2D eigenvalue weighted by Gasteiger charge is 2.42. The number of nitriles is 2. The van der Waals surface area contributed by atoms with Gasteiger partial charge in [-0.3, -0.25) is 19.2 Å². The van der Waals surface area contributed by atoms with E-state index in [1.807, 2.05) is 12.1 Å². The molecular weight excluding hydrogens is 1120 g/mol. The van der Waals surface area contributed by atoms with Crippen LogP contribution in [0.4, 0.5) is 0 Å². The first-order valence-electron chi connectivity index (χ1n) is 27.4. The number of rotatable bonds is 19. The maximum atomic E-state index is 13.9. The maximum absolute atomic E-state index is 13.9. The summed E-state index contributed by atoms with van der Waals surface area (Å²) in [5.74, 6) is -0.160. The number of aromatic nitrogens is 8. The van der Waals surface area contributed by atoms with Crippen LogP contribution in [-0.2, 0) is 32.5 Å². The van der Waals surface area contributed by atoms with Crippen molar-refractivity contribution in [2.75, 3.05) is 39.4 Å². The molecule has 0 radical (unpaired) electrons. The molecule has 2 N–H and O–H groups in total. The SMILES string of the molecule is C[Si](C)(C)CCOCn1cc(C(=O)N[C@@H](C(=O)N2CCC(C#N)CC2)C2CC2)c2nc(-n3ncc4cc(Cl)ccc43)cnc21.C[Si](C)(C)CCOCn1cc(C(=O)N[C@@H](C(=O)N2CCC(C#N)CC2)C2CC2)c2nc(Br)cnc21. The molecule has 2 aliphatic heterocycles. The van der Waals surface area contributed by atoms with E-state index in [2.05, 4.69) is 93.1 Å². The first kappa shape index (κ1) is 57.6. The number of benzene rings is 1. The number of amides is 4. The van der Waals surface area contributed by atoms with Crippen LogP contribution in [0.3, 0.4) is 0 Å². The van der Waals surface area contributed by atoms with Gasteiger partial charge in [-0.1, -0.05) is 50.9 Å². The van der Waals surface area contributed by atoms with Crippen LogP contribution in [0.1, 0.15) is 72.1 Å². The van der Waals surface area contributed by atoms with E-state index < -0.39 is 28.2 Å². The normalized spacial score (nSPS) is 17.2. The third-order valence-corrected chi connectivity index (χ3v) is 19.1. The predicted molar refractivity (Wildman–Crippen MR) is 308 cm³/mol. The summed E-state index contributed by atoms with van der Waals surface area (Å²) in [7, 11) is -2.49. The molecule has 24 heteroatoms. The number of nitrogens with one attached hydrogen (secondary N) is 2. The van der Waals surface area contributed by atoms with E-state index in [1.165, 1.54) is 0 Å². The topological polar surface area (TPSA) is 244 Å². The third kappa shape index (κ3) is 14.5. The van der Waals surface area contributed by atoms with Crippen LogP contribution in [0, 0.1) is 46.3 Å². The molecular formula is C55H70BrClN14O6Si2. The molecule has 0 spiro atoms. The van der Waals surface area contributed by atoms with Crippen molar-refractivity contribution in [2.24, 2.45) is 23.7 Å². The summed E-state index contributed by atoms with van der Waals surface area (Å²) in [6, 6.07) is 11.0. The van der Waals surface area contributed by atoms with Gasteiger partial charge in [-0.25, -0.2) is 24.6 Å². The number of likely N-dealkylation sites (tertiary alicyclic amines) is 2. The summed E-state index contributed by atoms with van der Waals surface area (Å²) in [4.78, 5) is 76.3. The Kier molecular flexibility index (Phi) is 18.0. The second kappa shape index (κ2) is 24.7. The molecule has 79 heavy (non-hydrogen) atoms. The van der Waals surface area contributed by atoms with E-state index in [4.69, 9.17) is 36.3 Å². The zero-order chi connectivity index (χ0) is 56.2. The number of piperidine rings is 2. The Morgan fingerprint density at radius 1 is 0.696 bits per heavy atom. The number of hydrogen-bond acceptors (Lipinski definition) is 13. The lowest BCUT2D eigenvalue weighted by Crippen LogP contribution is -2.51. The van der Waals surface area contributed by atoms with Gasteiger partial charge in [-0.05, 0) is 109 Å². The molecule has 2 saturated carbocycles. The van der Waals surface area contributed by atoms with E-state index in [1.54, 1.807) is 60.7 Å². The molecule has 2 atom stereocenters. The van der Waals surface area contributed by atoms with Crippen LogP contribution in [-0.4, -0.2) is 140 Å². The average Bonchev–Trinajstić information content (AvgIpc) is 4.45. The fourth-order valence-electron chi connectivity index (χ4n) is 9.88. The van der Waals surface area contributed by atoms with Gasteiger partial charge in [0, 0.05) is 90.2 Å². The zero-order valence-electron chi connectivity index (χ0n) is 45.9. The average molecular weight is 1190 g/mol. The first-order chi connectivity index (χ1) is 37.8. The van der Waals surface area contributed by atoms with Crippen LogP contribution in [0.5, 0.6) is 0 Å². The lowest BCUT2D eigenvalue weighted by Gasteiger charge is -2.32. The fraction of sp³-hybridized carbons (Fsp3) is 0.545. The van der Waals surface area contributed by atoms with Gasteiger partial charge >= 0.3 is 0 Å². The minimum atomic E-state index is -1.28. The number of ether oxygens (including phenoxy) is 2. The van der Waals surface area contributed by atoms with Gasteiger partial charge in [-0.15, -0.1) is 0 Å². The summed E-state index contributed by atoms with van der Waals surface area (Å²) < 4.78 is 17.7. The molecule has 20 nitrogen and oxygen atoms in total. The molecule has 2 aliphatic carbocycles. The number of carbonyl (C=O) groups is 4. The Hall–Kier alpha value is -6.09. The molecule has 5 aromatic heterocycles. The Bertz CT molecular complexity index is 3300. The van der Waals surface area contributed by atoms with Gasteiger partial charge in [0.05, 0.1) is 47.4 Å². The number of fused-ring (bicyclic) bond motifs is 3. The van der Waals surface area contributed by atoms with Crippen molar-refractivity contribution in [3.05, 3.63) is 69.9 Å². The Balaban J connectivity index is 0.000000197. The van der Waals surface area contributed by atoms with E-state index in [-0.39, 0.29) is 60.8 Å². The summed E-state index contributed by atoms with van der Waals surface area (Å²) in [6.45, 7) is 17.8. The molecule has 418 valence electrons. The Morgan fingerprint density at radius 3 is 1.62 bits per heavy atom. The van der Waals surface area contributed by atoms with Crippen LogP contribution in [0.2, 0.25) is 56.4 Å². The van der Waals surface area contributed by atoms with Crippen molar-refractivity contribution in [3.8, 4) is 18.0 Å². The van der Waals surface area contributed by atoms with Gasteiger partial charge in [0.1, 0.15) is 41.2 Å². The van der Waals surface area contributed by atoms with Crippen molar-refractivity contribution in [1.82, 2.24) is 59.3 Å². The predicted octanol–water partition coefficient (Wildman–Crippen LogP) is 8.78. The van der Waals surface area contributed by atoms with Crippen LogP contribution < -0.4 is 10.6 Å². The van der Waals surface area contributed by atoms with Gasteiger partial charge in [0.2, 0.25) is 11.8 Å². The quantitative estimate of drug-likeness (QED) is 0.0570. The number of halogens is 2. The van der Waals surface area contributed by atoms with Crippen LogP contribution in [0.25, 0.3) is 39.0 Å². The second-order valence-electron chi connectivity index (χ2n) is 23.8. The van der Waals surface area contributed by atoms with E-state index in [0.717, 1.165) is 48.7 Å². The molecule has 1 aromatic carbocycles. The highest BCUT2D eigenvalue weighted by atomic mass is 79.9. The molecule has 4 aliphatic rings. The van der Waals surface area contributed by atoms with E-state index >= 15 is 0 Å². The standard InChI is InChI=1S/C31H37ClN8O3Si.C24H33BrN6O3Si/c1-44(2,3)13-12-43-19-39-18-24(30(41)37-27(21-4-5-21)31(42)38-10-8-20(15-33)9-11-38)28-29(39)34-17-26(36-28)40-25-7-6-23(32)14-22(25)16-35-40;1-35(2,3)11-10-34-15-31-14-18(21-22(31)27-13-19(25)28-21)23(32)29-20(17-4-5-17)24(33)30-8-6-16(12-26)7-9-30/h6-7,14,16-18,20-21,27H,4-5,8-13,19H2,1-3H3,(H,37,41);13-14,16-17,20H,4-11,15H2,1-3H3,(H,29,32)/t27-;20-/m11/s1. The molecule has 4 fully saturated rings. The molecule has 7 heterocycles. The minimum absolute atomic E-state index is 0.00382. The highest BCUT2D eigenvalue weighted by molar-refractivity contribution is 9.10. The minimum Gasteiger partial charge on any atom is -0.361 e. The van der Waals surface area contributed by atoms with Gasteiger partial charge < -0.3 is 39.0 Å². The van der Waals surface area contributed by atoms with Crippen molar-refractivity contribution in [1.29, 1.82) is 10.5 Å². The van der Waals surface area contributed by atoms with Gasteiger partial charge in [0.15, 0.2) is 17.1 Å². The van der Waals surface area contributed by atoms with E-state index in [0.29, 0.717) is 114 Å². The van der Waals surface area contributed by atoms with E-state index in [9.17, 15) is 24.4 Å². The highest BCUT2D eigenvalue weighted by Crippen LogP contribution is 2.36. The molecule has 4 amide bonds. The smallest absolute Gasteiger partial charge is 0.255 e. The van der Waals surface area contributed by atoms with Crippen molar-refractivity contribution in [2.45, 2.75) is 128 Å². The molecule has 10 rings (SSSR count). The summed E-state index contributed by atoms with van der Waals surface area (Å²) in [6.07, 6.45) is 14.7. The molecule has 0 unspecified atom stereocenters. The zero-order valence-corrected chi connectivity index (χ0v) is 50.2. The second-order valence-corrected chi connectivity index (χ2v) is 36.3. The summed E-state index contributed by atoms with van der Waals surface area (Å²) in [5.41, 5.74) is 3.47. The number of carbonyl (C=O) groups excluding carboxylic acids is 4. The van der Waals surface area contributed by atoms with Crippen molar-refractivity contribution >= 4 is 101 Å². The summed E-state index contributed by atoms with van der Waals surface area (Å²) >= 11 is 9.53. The van der Waals surface area contributed by atoms with Gasteiger partial charge in [-0.2, -0.15) is 15.6 Å². The fourth-order valence-corrected chi connectivity index (χ4v) is 11.9. The third-order valence-electron chi connectivity index (χ3n) is 15.0. The first-order valence-corrected chi connectivity index (χ1v) is 36.0. The van der Waals surface area contributed by atoms with Gasteiger partial charge in [0.25, 0.3) is 11.8 Å². The van der Waals surface area contributed by atoms with Crippen LogP contribution >= 0.6 is 27.5 Å². The Morgan fingerprint density at radius 2 is 1.16 bits per heavy atom. The monoisotopic (exact) mass is 1190 g/mol. The van der Waals surface area contributed by atoms with Crippen LogP contribution in [0.15, 0.2) is 53.8 Å². The van der Waals surface area contributed by atoms with Crippen molar-refractivity contribution in [3.63, 3.8) is 0 Å². The lowest BCUT2D eigenvalue weighted by molar-refractivity contribution is -0.135. The lowest BCUT2D eigenvalue weighted by atomic mass is 9.97. The molecule has 2 saturated heterocycles. The number of nitrogens with zero attached hydrogens (tertiary/aromatic N) is 12. The number of hydrogen-bond donors (Lipinski definition) is 2. The maximum Gasteiger partial charge on any atom is 0.255 e. The van der Waals surface area contributed by atoms with Crippen molar-refractivity contribution < 1.29 is 28.7 Å².